The fourth-order valence-corrected chi connectivity index (χ4v) is 0.972. The van der Waals surface area contributed by atoms with Gasteiger partial charge in [-0.05, 0) is 6.92 Å². The first kappa shape index (κ1) is 7.02. The molecular weight excluding hydrogens is 156 g/mol. The van der Waals surface area contributed by atoms with Gasteiger partial charge in [-0.1, -0.05) is 0 Å². The molecule has 2 heterocycles. The molecule has 0 spiro atoms. The van der Waals surface area contributed by atoms with E-state index in [4.69, 9.17) is 4.42 Å². The molecule has 0 aromatic carbocycles. The Morgan fingerprint density at radius 2 is 2.17 bits per heavy atom. The highest BCUT2D eigenvalue weighted by molar-refractivity contribution is 5.53. The molecule has 0 unspecified atom stereocenters. The summed E-state index contributed by atoms with van der Waals surface area (Å²) in [4.78, 5) is 0. The van der Waals surface area contributed by atoms with Crippen molar-refractivity contribution in [1.82, 2.24) is 20.4 Å². The van der Waals surface area contributed by atoms with E-state index in [1.165, 1.54) is 0 Å². The molecule has 0 aliphatic heterocycles. The van der Waals surface area contributed by atoms with Crippen LogP contribution in [0.25, 0.3) is 11.5 Å². The molecule has 2 aromatic heterocycles. The molecule has 2 aromatic rings. The predicted molar refractivity (Wildman–Crippen MR) is 41.4 cm³/mol. The molecule has 0 saturated heterocycles. The molecular formula is C7H8N4O. The minimum absolute atomic E-state index is 0.513. The first-order valence-electron chi connectivity index (χ1n) is 3.58. The molecule has 1 N–H and O–H groups in total. The van der Waals surface area contributed by atoms with E-state index in [0.29, 0.717) is 11.8 Å². The average Bonchev–Trinajstić information content (AvgIpc) is 2.58. The second kappa shape index (κ2) is 2.44. The standard InChI is InChI=1S/C7H8N4O/c1-4-6(3-8-9-4)7-11-10-5(2)12-7/h3H,1-2H3,(H,8,9). The van der Waals surface area contributed by atoms with Crippen LogP contribution in [-0.4, -0.2) is 20.4 Å². The van der Waals surface area contributed by atoms with E-state index in [2.05, 4.69) is 20.4 Å². The van der Waals surface area contributed by atoms with Crippen LogP contribution in [0.5, 0.6) is 0 Å². The van der Waals surface area contributed by atoms with Crippen LogP contribution in [0, 0.1) is 13.8 Å². The Kier molecular flexibility index (Phi) is 1.43. The monoisotopic (exact) mass is 164 g/mol. The SMILES string of the molecule is Cc1nnc(-c2cn[nH]c2C)o1. The van der Waals surface area contributed by atoms with Gasteiger partial charge in [-0.15, -0.1) is 10.2 Å². The van der Waals surface area contributed by atoms with Gasteiger partial charge in [-0.25, -0.2) is 0 Å². The lowest BCUT2D eigenvalue weighted by Gasteiger charge is -1.87. The minimum atomic E-state index is 0.513. The Morgan fingerprint density at radius 3 is 2.67 bits per heavy atom. The van der Waals surface area contributed by atoms with Crippen molar-refractivity contribution in [3.8, 4) is 11.5 Å². The van der Waals surface area contributed by atoms with Crippen LogP contribution in [0.4, 0.5) is 0 Å². The van der Waals surface area contributed by atoms with Gasteiger partial charge in [0.2, 0.25) is 5.89 Å². The molecule has 0 amide bonds. The fraction of sp³-hybridized carbons (Fsp3) is 0.286. The Labute approximate surface area is 68.8 Å². The van der Waals surface area contributed by atoms with E-state index in [9.17, 15) is 0 Å². The first-order valence-corrected chi connectivity index (χ1v) is 3.58. The van der Waals surface area contributed by atoms with Gasteiger partial charge in [-0.3, -0.25) is 5.10 Å². The van der Waals surface area contributed by atoms with Crippen molar-refractivity contribution in [2.24, 2.45) is 0 Å². The number of rotatable bonds is 1. The first-order chi connectivity index (χ1) is 5.77. The normalized spacial score (nSPS) is 10.5. The van der Waals surface area contributed by atoms with Crippen LogP contribution in [0.3, 0.4) is 0 Å². The number of aromatic amines is 1. The molecule has 0 fully saturated rings. The van der Waals surface area contributed by atoms with E-state index in [1.54, 1.807) is 13.1 Å². The number of aromatic nitrogens is 4. The summed E-state index contributed by atoms with van der Waals surface area (Å²) in [5.74, 6) is 1.07. The molecule has 0 saturated carbocycles. The van der Waals surface area contributed by atoms with Crippen LogP contribution >= 0.6 is 0 Å². The van der Waals surface area contributed by atoms with Crippen molar-refractivity contribution in [3.05, 3.63) is 17.8 Å². The van der Waals surface area contributed by atoms with Gasteiger partial charge < -0.3 is 4.42 Å². The average molecular weight is 164 g/mol. The van der Waals surface area contributed by atoms with E-state index in [-0.39, 0.29) is 0 Å². The molecule has 0 radical (unpaired) electrons. The molecule has 5 nitrogen and oxygen atoms in total. The van der Waals surface area contributed by atoms with E-state index in [1.807, 2.05) is 6.92 Å². The minimum Gasteiger partial charge on any atom is -0.421 e. The quantitative estimate of drug-likeness (QED) is 0.684. The lowest BCUT2D eigenvalue weighted by Crippen LogP contribution is -1.78. The molecule has 2 rings (SSSR count). The smallest absolute Gasteiger partial charge is 0.251 e. The summed E-state index contributed by atoms with van der Waals surface area (Å²) < 4.78 is 5.23. The Morgan fingerprint density at radius 1 is 1.33 bits per heavy atom. The van der Waals surface area contributed by atoms with Gasteiger partial charge in [0, 0.05) is 12.6 Å². The highest BCUT2D eigenvalue weighted by atomic mass is 16.4. The predicted octanol–water partition coefficient (Wildman–Crippen LogP) is 1.08. The maximum atomic E-state index is 5.23. The van der Waals surface area contributed by atoms with Crippen LogP contribution in [0.1, 0.15) is 11.6 Å². The summed E-state index contributed by atoms with van der Waals surface area (Å²) in [5, 5.41) is 14.3. The van der Waals surface area contributed by atoms with Crippen molar-refractivity contribution < 1.29 is 4.42 Å². The molecule has 0 aliphatic rings. The van der Waals surface area contributed by atoms with Crippen LogP contribution < -0.4 is 0 Å². The van der Waals surface area contributed by atoms with Gasteiger partial charge in [0.15, 0.2) is 0 Å². The largest absolute Gasteiger partial charge is 0.421 e. The Bertz CT molecular complexity index is 390. The fourth-order valence-electron chi connectivity index (χ4n) is 0.972. The number of hydrogen-bond acceptors (Lipinski definition) is 4. The summed E-state index contributed by atoms with van der Waals surface area (Å²) in [7, 11) is 0. The van der Waals surface area contributed by atoms with Crippen molar-refractivity contribution in [2.75, 3.05) is 0 Å². The zero-order valence-corrected chi connectivity index (χ0v) is 6.83. The number of aryl methyl sites for hydroxylation is 2. The van der Waals surface area contributed by atoms with Crippen molar-refractivity contribution in [1.29, 1.82) is 0 Å². The van der Waals surface area contributed by atoms with Crippen molar-refractivity contribution in [3.63, 3.8) is 0 Å². The maximum Gasteiger partial charge on any atom is 0.251 e. The van der Waals surface area contributed by atoms with Crippen molar-refractivity contribution in [2.45, 2.75) is 13.8 Å². The number of hydrogen-bond donors (Lipinski definition) is 1. The lowest BCUT2D eigenvalue weighted by atomic mass is 10.3. The second-order valence-electron chi connectivity index (χ2n) is 2.53. The molecule has 0 bridgehead atoms. The van der Waals surface area contributed by atoms with Crippen LogP contribution in [0.2, 0.25) is 0 Å². The summed E-state index contributed by atoms with van der Waals surface area (Å²) in [6.45, 7) is 3.66. The van der Waals surface area contributed by atoms with Gasteiger partial charge in [0.05, 0.1) is 11.8 Å². The molecule has 0 atom stereocenters. The third kappa shape index (κ3) is 0.990. The van der Waals surface area contributed by atoms with Crippen molar-refractivity contribution >= 4 is 0 Å². The summed E-state index contributed by atoms with van der Waals surface area (Å²) in [6.07, 6.45) is 1.67. The number of nitrogens with zero attached hydrogens (tertiary/aromatic N) is 3. The Balaban J connectivity index is 2.50. The van der Waals surface area contributed by atoms with E-state index < -0.39 is 0 Å². The topological polar surface area (TPSA) is 67.6 Å². The molecule has 0 aliphatic carbocycles. The van der Waals surface area contributed by atoms with Gasteiger partial charge in [-0.2, -0.15) is 5.10 Å². The third-order valence-electron chi connectivity index (χ3n) is 1.59. The van der Waals surface area contributed by atoms with Gasteiger partial charge in [0.1, 0.15) is 0 Å². The lowest BCUT2D eigenvalue weighted by molar-refractivity contribution is 0.532. The zero-order valence-electron chi connectivity index (χ0n) is 6.83. The number of H-pyrrole nitrogens is 1. The third-order valence-corrected chi connectivity index (χ3v) is 1.59. The molecule has 62 valence electrons. The zero-order chi connectivity index (χ0) is 8.55. The highest BCUT2D eigenvalue weighted by Crippen LogP contribution is 2.18. The molecule has 12 heavy (non-hydrogen) atoms. The summed E-state index contributed by atoms with van der Waals surface area (Å²) in [6, 6.07) is 0. The second-order valence-corrected chi connectivity index (χ2v) is 2.53. The Hall–Kier alpha value is -1.65. The summed E-state index contributed by atoms with van der Waals surface area (Å²) in [5.41, 5.74) is 1.79. The van der Waals surface area contributed by atoms with E-state index in [0.717, 1.165) is 11.3 Å². The number of nitrogens with one attached hydrogen (secondary N) is 1. The maximum absolute atomic E-state index is 5.23. The van der Waals surface area contributed by atoms with E-state index >= 15 is 0 Å². The van der Waals surface area contributed by atoms with Gasteiger partial charge >= 0.3 is 0 Å². The summed E-state index contributed by atoms with van der Waals surface area (Å²) >= 11 is 0. The van der Waals surface area contributed by atoms with Crippen LogP contribution in [-0.2, 0) is 0 Å². The molecule has 5 heteroatoms. The van der Waals surface area contributed by atoms with Gasteiger partial charge in [0.25, 0.3) is 5.89 Å². The highest BCUT2D eigenvalue weighted by Gasteiger charge is 2.09. The van der Waals surface area contributed by atoms with Crippen LogP contribution in [0.15, 0.2) is 10.6 Å².